The molecule has 2 aromatic heterocycles. The first-order valence-electron chi connectivity index (χ1n) is 9.25. The first-order chi connectivity index (χ1) is 14.5. The number of rotatable bonds is 6. The molecule has 3 aromatic rings. The number of sulfonamides is 1. The van der Waals surface area contributed by atoms with Crippen molar-refractivity contribution in [2.24, 2.45) is 0 Å². The summed E-state index contributed by atoms with van der Waals surface area (Å²) < 4.78 is 28.0. The van der Waals surface area contributed by atoms with Crippen LogP contribution in [0.3, 0.4) is 0 Å². The molecular weight excluding hydrogens is 404 g/mol. The lowest BCUT2D eigenvalue weighted by Crippen LogP contribution is -2.28. The van der Waals surface area contributed by atoms with E-state index < -0.39 is 10.0 Å². The molecule has 1 saturated heterocycles. The van der Waals surface area contributed by atoms with E-state index in [-0.39, 0.29) is 36.1 Å². The molecule has 1 aliphatic rings. The van der Waals surface area contributed by atoms with Gasteiger partial charge in [-0.3, -0.25) is 24.5 Å². The number of amides is 2. The molecule has 3 heterocycles. The van der Waals surface area contributed by atoms with Gasteiger partial charge in [0.25, 0.3) is 0 Å². The van der Waals surface area contributed by atoms with E-state index in [1.54, 1.807) is 36.8 Å². The monoisotopic (exact) mass is 422 g/mol. The van der Waals surface area contributed by atoms with Gasteiger partial charge in [0.1, 0.15) is 0 Å². The van der Waals surface area contributed by atoms with Crippen molar-refractivity contribution in [1.82, 2.24) is 14.7 Å². The van der Waals surface area contributed by atoms with E-state index in [4.69, 9.17) is 0 Å². The predicted octanol–water partition coefficient (Wildman–Crippen LogP) is 2.28. The molecule has 0 atom stereocenters. The highest BCUT2D eigenvalue weighted by molar-refractivity contribution is 7.89. The zero-order valence-corrected chi connectivity index (χ0v) is 16.7. The number of hydrogen-bond donors (Lipinski definition) is 1. The second-order valence-electron chi connectivity index (χ2n) is 6.69. The number of aromatic nitrogens is 2. The fraction of sp³-hybridized carbons (Fsp3) is 0.143. The molecule has 0 aliphatic carbocycles. The van der Waals surface area contributed by atoms with E-state index in [2.05, 4.69) is 14.7 Å². The second-order valence-corrected chi connectivity index (χ2v) is 8.46. The number of nitrogens with one attached hydrogen (secondary N) is 1. The molecule has 8 nitrogen and oxygen atoms in total. The maximum atomic E-state index is 12.7. The number of hydrogen-bond acceptors (Lipinski definition) is 6. The normalized spacial score (nSPS) is 14.3. The summed E-state index contributed by atoms with van der Waals surface area (Å²) in [6, 6.07) is 12.8. The Morgan fingerprint density at radius 2 is 1.63 bits per heavy atom. The smallest absolute Gasteiger partial charge is 0.240 e. The quantitative estimate of drug-likeness (QED) is 0.611. The van der Waals surface area contributed by atoms with Crippen LogP contribution in [0.5, 0.6) is 0 Å². The average Bonchev–Trinajstić information content (AvgIpc) is 3.11. The van der Waals surface area contributed by atoms with Gasteiger partial charge >= 0.3 is 0 Å². The Morgan fingerprint density at radius 3 is 2.30 bits per heavy atom. The molecule has 0 bridgehead atoms. The highest BCUT2D eigenvalue weighted by Crippen LogP contribution is 2.24. The molecule has 30 heavy (non-hydrogen) atoms. The minimum absolute atomic E-state index is 0.0390. The summed E-state index contributed by atoms with van der Waals surface area (Å²) in [6.07, 6.45) is 5.30. The predicted molar refractivity (Wildman–Crippen MR) is 110 cm³/mol. The first kappa shape index (κ1) is 19.9. The third-order valence-corrected chi connectivity index (χ3v) is 6.15. The number of anilines is 1. The molecular formula is C21H18N4O4S. The fourth-order valence-corrected chi connectivity index (χ4v) is 4.25. The summed E-state index contributed by atoms with van der Waals surface area (Å²) in [5, 5.41) is 0. The van der Waals surface area contributed by atoms with Crippen LogP contribution in [0.4, 0.5) is 5.69 Å². The number of benzene rings is 1. The van der Waals surface area contributed by atoms with Gasteiger partial charge in [-0.05, 0) is 48.0 Å². The van der Waals surface area contributed by atoms with Crippen LogP contribution in [-0.4, -0.2) is 30.2 Å². The zero-order chi connectivity index (χ0) is 21.1. The average molecular weight is 422 g/mol. The Hall–Kier alpha value is -3.43. The summed E-state index contributed by atoms with van der Waals surface area (Å²) in [4.78, 5) is 33.2. The molecule has 0 unspecified atom stereocenters. The Morgan fingerprint density at radius 1 is 0.933 bits per heavy atom. The van der Waals surface area contributed by atoms with Crippen LogP contribution in [0.25, 0.3) is 11.3 Å². The van der Waals surface area contributed by atoms with Crippen molar-refractivity contribution in [1.29, 1.82) is 0 Å². The van der Waals surface area contributed by atoms with Crippen LogP contribution < -0.4 is 9.62 Å². The number of pyridine rings is 2. The maximum Gasteiger partial charge on any atom is 0.240 e. The van der Waals surface area contributed by atoms with Crippen molar-refractivity contribution in [3.8, 4) is 11.3 Å². The van der Waals surface area contributed by atoms with Crippen molar-refractivity contribution < 1.29 is 18.0 Å². The topological polar surface area (TPSA) is 109 Å². The van der Waals surface area contributed by atoms with Crippen molar-refractivity contribution in [3.63, 3.8) is 0 Å². The number of carbonyl (C=O) groups excluding carboxylic acids is 2. The third kappa shape index (κ3) is 3.98. The fourth-order valence-electron chi connectivity index (χ4n) is 3.24. The third-order valence-electron chi connectivity index (χ3n) is 4.74. The lowest BCUT2D eigenvalue weighted by Gasteiger charge is -2.14. The van der Waals surface area contributed by atoms with Crippen LogP contribution in [-0.2, 0) is 26.2 Å². The summed E-state index contributed by atoms with van der Waals surface area (Å²) in [5.41, 5.74) is 2.51. The van der Waals surface area contributed by atoms with Gasteiger partial charge in [-0.25, -0.2) is 13.1 Å². The van der Waals surface area contributed by atoms with Crippen molar-refractivity contribution >= 4 is 27.5 Å². The molecule has 1 aliphatic heterocycles. The molecule has 2 amide bonds. The maximum absolute atomic E-state index is 12.7. The second kappa shape index (κ2) is 8.13. The van der Waals surface area contributed by atoms with Gasteiger partial charge < -0.3 is 0 Å². The van der Waals surface area contributed by atoms with E-state index >= 15 is 0 Å². The molecule has 0 radical (unpaired) electrons. The minimum atomic E-state index is -3.81. The molecule has 1 fully saturated rings. The van der Waals surface area contributed by atoms with Gasteiger partial charge in [-0.1, -0.05) is 6.07 Å². The molecule has 4 rings (SSSR count). The molecule has 9 heteroatoms. The van der Waals surface area contributed by atoms with Gasteiger partial charge in [-0.15, -0.1) is 0 Å². The van der Waals surface area contributed by atoms with Gasteiger partial charge in [0.2, 0.25) is 21.8 Å². The highest BCUT2D eigenvalue weighted by Gasteiger charge is 2.30. The molecule has 1 aromatic carbocycles. The number of carbonyl (C=O) groups is 2. The number of imide groups is 1. The van der Waals surface area contributed by atoms with Crippen LogP contribution in [0.15, 0.2) is 72.0 Å². The van der Waals surface area contributed by atoms with Crippen LogP contribution in [0.1, 0.15) is 18.4 Å². The van der Waals surface area contributed by atoms with Gasteiger partial charge in [-0.2, -0.15) is 0 Å². The number of nitrogens with zero attached hydrogens (tertiary/aromatic N) is 3. The molecule has 0 spiro atoms. The first-order valence-corrected chi connectivity index (χ1v) is 10.7. The van der Waals surface area contributed by atoms with Crippen molar-refractivity contribution in [2.45, 2.75) is 24.3 Å². The summed E-state index contributed by atoms with van der Waals surface area (Å²) in [5.74, 6) is -0.568. The van der Waals surface area contributed by atoms with Crippen molar-refractivity contribution in [2.75, 3.05) is 4.90 Å². The highest BCUT2D eigenvalue weighted by atomic mass is 32.2. The van der Waals surface area contributed by atoms with Crippen LogP contribution in [0, 0.1) is 0 Å². The summed E-state index contributed by atoms with van der Waals surface area (Å²) in [6.45, 7) is 0.0469. The van der Waals surface area contributed by atoms with Crippen LogP contribution >= 0.6 is 0 Å². The lowest BCUT2D eigenvalue weighted by atomic mass is 10.1. The summed E-state index contributed by atoms with van der Waals surface area (Å²) in [7, 11) is -3.81. The standard InChI is InChI=1S/C21H18N4O4S/c26-19-9-10-20(27)25(19)17-5-7-18(8-6-17)30(28,29)24-14-16-4-2-12-23-21(16)15-3-1-11-22-13-15/h1-8,11-13,24H,9-10,14H2. The van der Waals surface area contributed by atoms with Gasteiger partial charge in [0.05, 0.1) is 16.3 Å². The van der Waals surface area contributed by atoms with E-state index in [0.29, 0.717) is 16.9 Å². The SMILES string of the molecule is O=C1CCC(=O)N1c1ccc(S(=O)(=O)NCc2cccnc2-c2cccnc2)cc1. The van der Waals surface area contributed by atoms with Crippen molar-refractivity contribution in [3.05, 3.63) is 72.7 Å². The Labute approximate surface area is 173 Å². The minimum Gasteiger partial charge on any atom is -0.274 e. The largest absolute Gasteiger partial charge is 0.274 e. The molecule has 0 saturated carbocycles. The van der Waals surface area contributed by atoms with Gasteiger partial charge in [0.15, 0.2) is 0 Å². The molecule has 152 valence electrons. The van der Waals surface area contributed by atoms with E-state index in [0.717, 1.165) is 10.5 Å². The summed E-state index contributed by atoms with van der Waals surface area (Å²) >= 11 is 0. The Bertz CT molecular complexity index is 1180. The van der Waals surface area contributed by atoms with Gasteiger partial charge in [0, 0.05) is 43.5 Å². The Balaban J connectivity index is 1.52. The lowest BCUT2D eigenvalue weighted by molar-refractivity contribution is -0.121. The Kier molecular flexibility index (Phi) is 5.39. The van der Waals surface area contributed by atoms with Crippen LogP contribution in [0.2, 0.25) is 0 Å². The van der Waals surface area contributed by atoms with E-state index in [9.17, 15) is 18.0 Å². The zero-order valence-electron chi connectivity index (χ0n) is 15.9. The van der Waals surface area contributed by atoms with E-state index in [1.165, 1.54) is 24.3 Å². The molecule has 1 N–H and O–H groups in total. The van der Waals surface area contributed by atoms with E-state index in [1.807, 2.05) is 6.07 Å².